The van der Waals surface area contributed by atoms with E-state index in [-0.39, 0.29) is 6.54 Å². The number of H-pyrrole nitrogens is 1. The second kappa shape index (κ2) is 6.04. The van der Waals surface area contributed by atoms with Crippen LogP contribution in [0.5, 0.6) is 0 Å². The van der Waals surface area contributed by atoms with E-state index in [9.17, 15) is 22.8 Å². The lowest BCUT2D eigenvalue weighted by atomic mass is 10.2. The van der Waals surface area contributed by atoms with Gasteiger partial charge in [0.1, 0.15) is 12.1 Å². The molecule has 2 aromatic rings. The van der Waals surface area contributed by atoms with Crippen molar-refractivity contribution in [1.82, 2.24) is 19.9 Å². The van der Waals surface area contributed by atoms with Crippen LogP contribution in [-0.2, 0) is 24.1 Å². The molecule has 2 rings (SSSR count). The molecule has 1 amide bonds. The summed E-state index contributed by atoms with van der Waals surface area (Å²) < 4.78 is 38.6. The van der Waals surface area contributed by atoms with Crippen molar-refractivity contribution in [3.63, 3.8) is 0 Å². The summed E-state index contributed by atoms with van der Waals surface area (Å²) in [4.78, 5) is 30.2. The molecular weight excluding hydrogens is 301 g/mol. The number of pyridine rings is 1. The number of nitrogens with zero attached hydrogens (tertiary/aromatic N) is 2. The highest BCUT2D eigenvalue weighted by Gasteiger charge is 2.34. The third-order valence-electron chi connectivity index (χ3n) is 3.03. The molecule has 0 aromatic carbocycles. The largest absolute Gasteiger partial charge is 0.421 e. The summed E-state index contributed by atoms with van der Waals surface area (Å²) in [5, 5.41) is 2.50. The minimum Gasteiger partial charge on any atom is -0.349 e. The second-order valence-corrected chi connectivity index (χ2v) is 4.60. The van der Waals surface area contributed by atoms with Crippen LogP contribution in [-0.4, -0.2) is 20.4 Å². The highest BCUT2D eigenvalue weighted by atomic mass is 19.4. The maximum Gasteiger partial charge on any atom is 0.421 e. The van der Waals surface area contributed by atoms with E-state index >= 15 is 0 Å². The van der Waals surface area contributed by atoms with Gasteiger partial charge >= 0.3 is 6.18 Å². The Bertz CT molecular complexity index is 733. The molecule has 0 fully saturated rings. The number of aryl methyl sites for hydroxylation is 1. The monoisotopic (exact) mass is 314 g/mol. The molecule has 0 unspecified atom stereocenters. The van der Waals surface area contributed by atoms with Crippen LogP contribution >= 0.6 is 0 Å². The van der Waals surface area contributed by atoms with Gasteiger partial charge < -0.3 is 14.9 Å². The number of carbonyl (C=O) groups is 1. The number of alkyl halides is 3. The van der Waals surface area contributed by atoms with Crippen molar-refractivity contribution in [2.75, 3.05) is 0 Å². The summed E-state index contributed by atoms with van der Waals surface area (Å²) >= 11 is 0. The van der Waals surface area contributed by atoms with Crippen LogP contribution < -0.4 is 10.9 Å². The number of aromatic amines is 1. The Morgan fingerprint density at radius 2 is 2.18 bits per heavy atom. The molecule has 9 heteroatoms. The molecule has 2 N–H and O–H groups in total. The second-order valence-electron chi connectivity index (χ2n) is 4.60. The Balaban J connectivity index is 2.06. The van der Waals surface area contributed by atoms with E-state index in [0.717, 1.165) is 22.5 Å². The van der Waals surface area contributed by atoms with Crippen molar-refractivity contribution in [3.8, 4) is 0 Å². The van der Waals surface area contributed by atoms with E-state index in [2.05, 4.69) is 15.3 Å². The lowest BCUT2D eigenvalue weighted by Gasteiger charge is -2.10. The quantitative estimate of drug-likeness (QED) is 0.890. The zero-order chi connectivity index (χ0) is 16.3. The van der Waals surface area contributed by atoms with Crippen LogP contribution in [0.2, 0.25) is 0 Å². The average Bonchev–Trinajstić information content (AvgIpc) is 2.83. The Morgan fingerprint density at radius 1 is 1.45 bits per heavy atom. The Kier molecular flexibility index (Phi) is 4.34. The summed E-state index contributed by atoms with van der Waals surface area (Å²) in [6.45, 7) is 1.40. The predicted octanol–water partition coefficient (Wildman–Crippen LogP) is 1.22. The van der Waals surface area contributed by atoms with Gasteiger partial charge in [-0.25, -0.2) is 4.98 Å². The molecule has 0 aliphatic carbocycles. The highest BCUT2D eigenvalue weighted by Crippen LogP contribution is 2.25. The molecule has 0 saturated heterocycles. The lowest BCUT2D eigenvalue weighted by molar-refractivity contribution is -0.139. The number of imidazole rings is 1. The summed E-state index contributed by atoms with van der Waals surface area (Å²) in [5.74, 6) is -0.580. The van der Waals surface area contributed by atoms with Crippen LogP contribution in [0.25, 0.3) is 0 Å². The number of aromatic nitrogens is 3. The molecule has 0 spiro atoms. The number of halogens is 3. The molecule has 0 saturated carbocycles. The Morgan fingerprint density at radius 3 is 2.77 bits per heavy atom. The first kappa shape index (κ1) is 15.8. The van der Waals surface area contributed by atoms with Crippen molar-refractivity contribution in [1.29, 1.82) is 0 Å². The fourth-order valence-electron chi connectivity index (χ4n) is 1.84. The molecule has 6 nitrogen and oxygen atoms in total. The average molecular weight is 314 g/mol. The molecule has 118 valence electrons. The van der Waals surface area contributed by atoms with Crippen LogP contribution in [0.15, 0.2) is 29.5 Å². The molecular formula is C13H13F3N4O2. The zero-order valence-corrected chi connectivity index (χ0v) is 11.6. The SMILES string of the molecule is Cc1[nH]cnc1CNC(=O)Cn1cccc(C(F)(F)F)c1=O. The first-order chi connectivity index (χ1) is 10.3. The number of rotatable bonds is 4. The summed E-state index contributed by atoms with van der Waals surface area (Å²) in [7, 11) is 0. The van der Waals surface area contributed by atoms with E-state index in [1.54, 1.807) is 6.92 Å². The van der Waals surface area contributed by atoms with Gasteiger partial charge in [0, 0.05) is 11.9 Å². The minimum absolute atomic E-state index is 0.127. The van der Waals surface area contributed by atoms with Crippen molar-refractivity contribution < 1.29 is 18.0 Å². The molecule has 0 aliphatic heterocycles. The summed E-state index contributed by atoms with van der Waals surface area (Å²) in [6.07, 6.45) is -2.15. The normalized spacial score (nSPS) is 11.5. The smallest absolute Gasteiger partial charge is 0.349 e. The predicted molar refractivity (Wildman–Crippen MR) is 70.9 cm³/mol. The van der Waals surface area contributed by atoms with Gasteiger partial charge in [-0.2, -0.15) is 13.2 Å². The lowest BCUT2D eigenvalue weighted by Crippen LogP contribution is -2.34. The van der Waals surface area contributed by atoms with Gasteiger partial charge in [-0.3, -0.25) is 9.59 Å². The van der Waals surface area contributed by atoms with Gasteiger partial charge in [-0.05, 0) is 19.1 Å². The molecule has 2 heterocycles. The van der Waals surface area contributed by atoms with Gasteiger partial charge in [0.05, 0.1) is 18.6 Å². The van der Waals surface area contributed by atoms with E-state index in [1.165, 1.54) is 6.33 Å². The van der Waals surface area contributed by atoms with Crippen molar-refractivity contribution >= 4 is 5.91 Å². The summed E-state index contributed by atoms with van der Waals surface area (Å²) in [6, 6.07) is 1.76. The van der Waals surface area contributed by atoms with Crippen molar-refractivity contribution in [3.05, 3.63) is 52.0 Å². The highest BCUT2D eigenvalue weighted by molar-refractivity contribution is 5.75. The van der Waals surface area contributed by atoms with E-state index in [1.807, 2.05) is 0 Å². The van der Waals surface area contributed by atoms with Crippen LogP contribution in [0, 0.1) is 6.92 Å². The standard InChI is InChI=1S/C13H13F3N4O2/c1-8-10(19-7-18-8)5-17-11(21)6-20-4-2-3-9(12(20)22)13(14,15)16/h2-4,7H,5-6H2,1H3,(H,17,21)(H,18,19). The van der Waals surface area contributed by atoms with E-state index < -0.39 is 29.8 Å². The number of nitrogens with one attached hydrogen (secondary N) is 2. The van der Waals surface area contributed by atoms with Gasteiger partial charge in [0.15, 0.2) is 0 Å². The van der Waals surface area contributed by atoms with E-state index in [0.29, 0.717) is 11.8 Å². The fraction of sp³-hybridized carbons (Fsp3) is 0.308. The number of hydrogen-bond donors (Lipinski definition) is 2. The van der Waals surface area contributed by atoms with E-state index in [4.69, 9.17) is 0 Å². The van der Waals surface area contributed by atoms with Gasteiger partial charge in [0.2, 0.25) is 5.91 Å². The molecule has 2 aromatic heterocycles. The number of amides is 1. The van der Waals surface area contributed by atoms with Gasteiger partial charge in [-0.1, -0.05) is 0 Å². The van der Waals surface area contributed by atoms with Crippen LogP contribution in [0.1, 0.15) is 17.0 Å². The molecule has 0 radical (unpaired) electrons. The molecule has 0 aliphatic rings. The van der Waals surface area contributed by atoms with Gasteiger partial charge in [-0.15, -0.1) is 0 Å². The van der Waals surface area contributed by atoms with Gasteiger partial charge in [0.25, 0.3) is 5.56 Å². The Labute approximate surface area is 123 Å². The first-order valence-corrected chi connectivity index (χ1v) is 6.31. The van der Waals surface area contributed by atoms with Crippen molar-refractivity contribution in [2.24, 2.45) is 0 Å². The van der Waals surface area contributed by atoms with Crippen molar-refractivity contribution in [2.45, 2.75) is 26.2 Å². The Hall–Kier alpha value is -2.58. The topological polar surface area (TPSA) is 79.8 Å². The molecule has 22 heavy (non-hydrogen) atoms. The molecule has 0 bridgehead atoms. The first-order valence-electron chi connectivity index (χ1n) is 6.31. The zero-order valence-electron chi connectivity index (χ0n) is 11.6. The van der Waals surface area contributed by atoms with Crippen LogP contribution in [0.4, 0.5) is 13.2 Å². The maximum absolute atomic E-state index is 12.6. The fourth-order valence-corrected chi connectivity index (χ4v) is 1.84. The molecule has 0 atom stereocenters. The van der Waals surface area contributed by atoms with Crippen LogP contribution in [0.3, 0.4) is 0 Å². The summed E-state index contributed by atoms with van der Waals surface area (Å²) in [5.41, 5.74) is -1.16. The number of carbonyl (C=O) groups excluding carboxylic acids is 1. The maximum atomic E-state index is 12.6. The minimum atomic E-state index is -4.75. The third kappa shape index (κ3) is 3.54. The third-order valence-corrected chi connectivity index (χ3v) is 3.03. The number of hydrogen-bond acceptors (Lipinski definition) is 3.